The molecule has 3 N–H and O–H groups in total. The van der Waals surface area contributed by atoms with Gasteiger partial charge in [-0.2, -0.15) is 0 Å². The molecule has 2 heterocycles. The third kappa shape index (κ3) is 7.81. The van der Waals surface area contributed by atoms with Crippen LogP contribution >= 0.6 is 0 Å². The van der Waals surface area contributed by atoms with Crippen LogP contribution in [-0.4, -0.2) is 70.2 Å². The molecule has 0 radical (unpaired) electrons. The minimum Gasteiger partial charge on any atom is -0.493 e. The van der Waals surface area contributed by atoms with Crippen LogP contribution < -0.4 is 4.74 Å². The van der Waals surface area contributed by atoms with E-state index in [1.165, 1.54) is 13.8 Å². The molecule has 1 aromatic heterocycles. The molecule has 1 aliphatic rings. The van der Waals surface area contributed by atoms with Gasteiger partial charge in [0.05, 0.1) is 18.8 Å². The first-order valence-corrected chi connectivity index (χ1v) is 14.1. The number of halogens is 3. The van der Waals surface area contributed by atoms with E-state index in [0.29, 0.717) is 37.8 Å². The summed E-state index contributed by atoms with van der Waals surface area (Å²) in [6.45, 7) is 4.90. The van der Waals surface area contributed by atoms with Crippen LogP contribution in [0, 0.1) is 11.6 Å². The Balaban J connectivity index is 1.47. The number of benzene rings is 2. The number of aliphatic hydroxyl groups is 1. The van der Waals surface area contributed by atoms with Crippen molar-refractivity contribution in [1.82, 2.24) is 9.88 Å². The molecule has 3 aromatic rings. The lowest BCUT2D eigenvalue weighted by molar-refractivity contribution is -0.142. The van der Waals surface area contributed by atoms with Gasteiger partial charge in [0.2, 0.25) is 0 Å². The number of hydrogen-bond acceptors (Lipinski definition) is 5. The maximum atomic E-state index is 15.7. The number of para-hydroxylation sites is 1. The van der Waals surface area contributed by atoms with Gasteiger partial charge in [0, 0.05) is 53.5 Å². The molecule has 0 fully saturated rings. The van der Waals surface area contributed by atoms with Gasteiger partial charge in [-0.1, -0.05) is 18.2 Å². The zero-order valence-corrected chi connectivity index (χ0v) is 23.8. The summed E-state index contributed by atoms with van der Waals surface area (Å²) in [6.07, 6.45) is 1.84. The van der Waals surface area contributed by atoms with Crippen LogP contribution in [0.3, 0.4) is 0 Å². The summed E-state index contributed by atoms with van der Waals surface area (Å²) in [5.41, 5.74) is 0.787. The molecule has 0 amide bonds. The molecular weight excluding hydrogens is 537 g/mol. The largest absolute Gasteiger partial charge is 0.493 e. The average Bonchev–Trinajstić information content (AvgIpc) is 3.25. The lowest BCUT2D eigenvalue weighted by Crippen LogP contribution is -2.48. The van der Waals surface area contributed by atoms with Gasteiger partial charge >= 0.3 is 5.97 Å². The number of carboxylic acid groups (broad SMARTS) is 1. The second kappa shape index (κ2) is 13.3. The highest BCUT2D eigenvalue weighted by Crippen LogP contribution is 2.43. The lowest BCUT2D eigenvalue weighted by Gasteiger charge is -2.43. The SMILES string of the molecule is C[C@@H]1Cc2c([nH]c3ccccc23)C(c2c(F)cc(OCCCC(O)CCCOCC(=O)O)cc2F)N1CC(C)(C)F. The molecule has 2 aromatic carbocycles. The summed E-state index contributed by atoms with van der Waals surface area (Å²) in [5.74, 6) is -2.54. The van der Waals surface area contributed by atoms with Gasteiger partial charge in [-0.05, 0) is 64.5 Å². The Kier molecular flexibility index (Phi) is 9.99. The third-order valence-electron chi connectivity index (χ3n) is 7.40. The van der Waals surface area contributed by atoms with Crippen molar-refractivity contribution in [3.05, 3.63) is 64.9 Å². The van der Waals surface area contributed by atoms with Gasteiger partial charge in [0.1, 0.15) is 29.7 Å². The summed E-state index contributed by atoms with van der Waals surface area (Å²) in [4.78, 5) is 15.6. The standard InChI is InChI=1S/C31H39F3N2O5/c1-19-14-23-22-10-4-5-11-26(22)35-29(23)30(36(19)18-31(2,3)34)28-24(32)15-21(16-25(28)33)41-13-7-9-20(37)8-6-12-40-17-27(38)39/h4-5,10-11,15-16,19-20,30,35,37H,6-9,12-14,17-18H2,1-3H3,(H,38,39)/t19-,20?,30?/m1/s1. The smallest absolute Gasteiger partial charge is 0.329 e. The van der Waals surface area contributed by atoms with E-state index in [9.17, 15) is 14.3 Å². The van der Waals surface area contributed by atoms with Gasteiger partial charge < -0.3 is 24.7 Å². The van der Waals surface area contributed by atoms with Crippen LogP contribution in [0.4, 0.5) is 13.2 Å². The Hall–Kier alpha value is -3.08. The van der Waals surface area contributed by atoms with Gasteiger partial charge in [-0.15, -0.1) is 0 Å². The number of nitrogens with zero attached hydrogens (tertiary/aromatic N) is 1. The maximum absolute atomic E-state index is 15.7. The Bertz CT molecular complexity index is 1320. The van der Waals surface area contributed by atoms with E-state index in [2.05, 4.69) is 4.98 Å². The molecule has 0 bridgehead atoms. The number of nitrogens with one attached hydrogen (secondary N) is 1. The minimum absolute atomic E-state index is 0.00121. The molecule has 224 valence electrons. The van der Waals surface area contributed by atoms with E-state index in [1.807, 2.05) is 36.1 Å². The van der Waals surface area contributed by atoms with Crippen molar-refractivity contribution >= 4 is 16.9 Å². The van der Waals surface area contributed by atoms with Crippen LogP contribution in [0.15, 0.2) is 36.4 Å². The zero-order chi connectivity index (χ0) is 29.7. The number of aromatic amines is 1. The summed E-state index contributed by atoms with van der Waals surface area (Å²) < 4.78 is 56.9. The minimum atomic E-state index is -1.58. The summed E-state index contributed by atoms with van der Waals surface area (Å²) in [6, 6.07) is 9.05. The number of aliphatic hydroxyl groups excluding tert-OH is 1. The van der Waals surface area contributed by atoms with Crippen molar-refractivity contribution in [2.45, 2.75) is 76.7 Å². The van der Waals surface area contributed by atoms with Crippen molar-refractivity contribution < 1.29 is 37.7 Å². The van der Waals surface area contributed by atoms with Crippen molar-refractivity contribution in [1.29, 1.82) is 0 Å². The highest BCUT2D eigenvalue weighted by molar-refractivity contribution is 5.85. The van der Waals surface area contributed by atoms with Crippen molar-refractivity contribution in [3.63, 3.8) is 0 Å². The number of aliphatic carboxylic acids is 1. The molecular formula is C31H39F3N2O5. The Morgan fingerprint density at radius 3 is 2.46 bits per heavy atom. The number of H-pyrrole nitrogens is 1. The van der Waals surface area contributed by atoms with Gasteiger partial charge in [-0.25, -0.2) is 18.0 Å². The van der Waals surface area contributed by atoms with Crippen LogP contribution in [0.1, 0.15) is 69.3 Å². The second-order valence-corrected chi connectivity index (χ2v) is 11.4. The topological polar surface area (TPSA) is 95.0 Å². The number of carbonyl (C=O) groups is 1. The van der Waals surface area contributed by atoms with Crippen molar-refractivity contribution in [2.24, 2.45) is 0 Å². The predicted octanol–water partition coefficient (Wildman–Crippen LogP) is 5.93. The zero-order valence-electron chi connectivity index (χ0n) is 23.8. The molecule has 0 saturated carbocycles. The van der Waals surface area contributed by atoms with E-state index >= 15 is 8.78 Å². The Morgan fingerprint density at radius 2 is 1.80 bits per heavy atom. The number of fused-ring (bicyclic) bond motifs is 3. The number of ether oxygens (including phenoxy) is 2. The fraction of sp³-hybridized carbons (Fsp3) is 0.516. The first-order valence-electron chi connectivity index (χ1n) is 14.1. The highest BCUT2D eigenvalue weighted by Gasteiger charge is 2.41. The summed E-state index contributed by atoms with van der Waals surface area (Å²) >= 11 is 0. The van der Waals surface area contributed by atoms with Gasteiger partial charge in [0.15, 0.2) is 0 Å². The fourth-order valence-electron chi connectivity index (χ4n) is 5.64. The molecule has 3 atom stereocenters. The molecule has 41 heavy (non-hydrogen) atoms. The number of alkyl halides is 1. The highest BCUT2D eigenvalue weighted by atomic mass is 19.1. The van der Waals surface area contributed by atoms with Crippen LogP contribution in [0.25, 0.3) is 10.9 Å². The molecule has 0 spiro atoms. The van der Waals surface area contributed by atoms with E-state index < -0.39 is 35.4 Å². The van der Waals surface area contributed by atoms with E-state index in [0.717, 1.165) is 28.6 Å². The molecule has 0 saturated heterocycles. The molecule has 0 aliphatic carbocycles. The Morgan fingerprint density at radius 1 is 1.15 bits per heavy atom. The summed E-state index contributed by atoms with van der Waals surface area (Å²) in [5, 5.41) is 19.6. The predicted molar refractivity (Wildman–Crippen MR) is 150 cm³/mol. The van der Waals surface area contributed by atoms with E-state index in [4.69, 9.17) is 14.6 Å². The molecule has 1 aliphatic heterocycles. The number of hydrogen-bond donors (Lipinski definition) is 3. The Labute approximate surface area is 238 Å². The molecule has 10 heteroatoms. The van der Waals surface area contributed by atoms with Gasteiger partial charge in [-0.3, -0.25) is 4.90 Å². The van der Waals surface area contributed by atoms with Crippen molar-refractivity contribution in [2.75, 3.05) is 26.4 Å². The fourth-order valence-corrected chi connectivity index (χ4v) is 5.64. The van der Waals surface area contributed by atoms with Crippen LogP contribution in [0.5, 0.6) is 5.75 Å². The van der Waals surface area contributed by atoms with Crippen molar-refractivity contribution in [3.8, 4) is 5.75 Å². The second-order valence-electron chi connectivity index (χ2n) is 11.4. The average molecular weight is 577 g/mol. The first kappa shape index (κ1) is 30.9. The van der Waals surface area contributed by atoms with Gasteiger partial charge in [0.25, 0.3) is 0 Å². The number of aromatic nitrogens is 1. The molecule has 4 rings (SSSR count). The maximum Gasteiger partial charge on any atom is 0.329 e. The monoisotopic (exact) mass is 576 g/mol. The van der Waals surface area contributed by atoms with E-state index in [-0.39, 0.29) is 43.7 Å². The van der Waals surface area contributed by atoms with Crippen LogP contribution in [-0.2, 0) is 16.0 Å². The number of carboxylic acids is 1. The summed E-state index contributed by atoms with van der Waals surface area (Å²) in [7, 11) is 0. The quantitative estimate of drug-likeness (QED) is 0.206. The normalized spacial score (nSPS) is 18.4. The first-order chi connectivity index (χ1) is 19.4. The van der Waals surface area contributed by atoms with E-state index in [1.54, 1.807) is 0 Å². The van der Waals surface area contributed by atoms with Crippen LogP contribution in [0.2, 0.25) is 0 Å². The lowest BCUT2D eigenvalue weighted by atomic mass is 9.87. The third-order valence-corrected chi connectivity index (χ3v) is 7.40. The number of rotatable bonds is 14. The molecule has 2 unspecified atom stereocenters. The molecule has 7 nitrogen and oxygen atoms in total.